The van der Waals surface area contributed by atoms with Gasteiger partial charge in [0.05, 0.1) is 5.41 Å². The van der Waals surface area contributed by atoms with Crippen molar-refractivity contribution in [3.8, 4) is 0 Å². The SMILES string of the molecule is CC(C)(C(=O)N1CCN(CC=Cc2ccccc2)CC1)c1ccccc1. The summed E-state index contributed by atoms with van der Waals surface area (Å²) in [5.74, 6) is 0.225. The Morgan fingerprint density at radius 2 is 1.50 bits per heavy atom. The Labute approximate surface area is 156 Å². The Kier molecular flexibility index (Phi) is 5.89. The van der Waals surface area contributed by atoms with E-state index in [2.05, 4.69) is 41.3 Å². The highest BCUT2D eigenvalue weighted by atomic mass is 16.2. The molecule has 2 aromatic rings. The molecule has 0 bridgehead atoms. The average molecular weight is 348 g/mol. The zero-order valence-corrected chi connectivity index (χ0v) is 15.8. The summed E-state index contributed by atoms with van der Waals surface area (Å²) in [4.78, 5) is 17.4. The maximum absolute atomic E-state index is 13.0. The first-order valence-corrected chi connectivity index (χ1v) is 9.36. The highest BCUT2D eigenvalue weighted by molar-refractivity contribution is 5.87. The molecule has 1 heterocycles. The molecule has 0 saturated carbocycles. The number of hydrogen-bond donors (Lipinski definition) is 0. The molecular formula is C23H28N2O. The van der Waals surface area contributed by atoms with Gasteiger partial charge in [0.2, 0.25) is 5.91 Å². The highest BCUT2D eigenvalue weighted by Gasteiger charge is 2.34. The van der Waals surface area contributed by atoms with E-state index in [4.69, 9.17) is 0 Å². The lowest BCUT2D eigenvalue weighted by Gasteiger charge is -2.38. The second-order valence-electron chi connectivity index (χ2n) is 7.40. The predicted octanol–water partition coefficient (Wildman–Crippen LogP) is 3.82. The van der Waals surface area contributed by atoms with Gasteiger partial charge in [0.25, 0.3) is 0 Å². The molecule has 2 aromatic carbocycles. The topological polar surface area (TPSA) is 23.6 Å². The molecule has 1 amide bonds. The van der Waals surface area contributed by atoms with Crippen molar-refractivity contribution in [2.24, 2.45) is 0 Å². The van der Waals surface area contributed by atoms with Crippen LogP contribution in [0.25, 0.3) is 6.08 Å². The van der Waals surface area contributed by atoms with Gasteiger partial charge >= 0.3 is 0 Å². The highest BCUT2D eigenvalue weighted by Crippen LogP contribution is 2.26. The number of nitrogens with zero attached hydrogens (tertiary/aromatic N) is 2. The van der Waals surface area contributed by atoms with Crippen molar-refractivity contribution in [2.75, 3.05) is 32.7 Å². The zero-order chi connectivity index (χ0) is 18.4. The Morgan fingerprint density at radius 1 is 0.923 bits per heavy atom. The largest absolute Gasteiger partial charge is 0.339 e. The van der Waals surface area contributed by atoms with Crippen LogP contribution in [0.3, 0.4) is 0 Å². The second kappa shape index (κ2) is 8.33. The number of benzene rings is 2. The molecule has 0 unspecified atom stereocenters. The van der Waals surface area contributed by atoms with Gasteiger partial charge in [-0.15, -0.1) is 0 Å². The summed E-state index contributed by atoms with van der Waals surface area (Å²) in [5.41, 5.74) is 1.83. The fourth-order valence-electron chi connectivity index (χ4n) is 3.41. The van der Waals surface area contributed by atoms with E-state index in [-0.39, 0.29) is 5.91 Å². The molecule has 3 heteroatoms. The molecule has 0 N–H and O–H groups in total. The van der Waals surface area contributed by atoms with Crippen LogP contribution in [0.15, 0.2) is 66.7 Å². The fraction of sp³-hybridized carbons (Fsp3) is 0.348. The van der Waals surface area contributed by atoms with E-state index < -0.39 is 5.41 Å². The van der Waals surface area contributed by atoms with E-state index in [1.54, 1.807) is 0 Å². The first-order chi connectivity index (χ1) is 12.6. The van der Waals surface area contributed by atoms with Crippen molar-refractivity contribution >= 4 is 12.0 Å². The first-order valence-electron chi connectivity index (χ1n) is 9.36. The second-order valence-corrected chi connectivity index (χ2v) is 7.40. The standard InChI is InChI=1S/C23H28N2O/c1-23(2,21-13-7-4-8-14-21)22(26)25-18-16-24(17-19-25)15-9-12-20-10-5-3-6-11-20/h3-14H,15-19H2,1-2H3. The van der Waals surface area contributed by atoms with Gasteiger partial charge in [0, 0.05) is 32.7 Å². The van der Waals surface area contributed by atoms with Crippen LogP contribution in [0.2, 0.25) is 0 Å². The number of amides is 1. The van der Waals surface area contributed by atoms with E-state index in [9.17, 15) is 4.79 Å². The molecule has 3 rings (SSSR count). The van der Waals surface area contributed by atoms with Crippen LogP contribution < -0.4 is 0 Å². The van der Waals surface area contributed by atoms with Gasteiger partial charge in [-0.3, -0.25) is 9.69 Å². The average Bonchev–Trinajstić information content (AvgIpc) is 2.69. The van der Waals surface area contributed by atoms with Gasteiger partial charge < -0.3 is 4.90 Å². The predicted molar refractivity (Wildman–Crippen MR) is 108 cm³/mol. The molecule has 0 aliphatic carbocycles. The van der Waals surface area contributed by atoms with E-state index in [0.29, 0.717) is 0 Å². The molecule has 0 spiro atoms. The number of carbonyl (C=O) groups is 1. The van der Waals surface area contributed by atoms with Gasteiger partial charge in [-0.05, 0) is 25.0 Å². The van der Waals surface area contributed by atoms with Crippen LogP contribution in [0, 0.1) is 0 Å². The Balaban J connectivity index is 1.52. The van der Waals surface area contributed by atoms with E-state index >= 15 is 0 Å². The summed E-state index contributed by atoms with van der Waals surface area (Å²) in [7, 11) is 0. The molecule has 26 heavy (non-hydrogen) atoms. The minimum Gasteiger partial charge on any atom is -0.339 e. The third kappa shape index (κ3) is 4.41. The summed E-state index contributed by atoms with van der Waals surface area (Å²) in [6, 6.07) is 20.4. The molecule has 1 fully saturated rings. The molecule has 1 aliphatic rings. The van der Waals surface area contributed by atoms with Crippen molar-refractivity contribution < 1.29 is 4.79 Å². The van der Waals surface area contributed by atoms with Gasteiger partial charge in [0.15, 0.2) is 0 Å². The molecular weight excluding hydrogens is 320 g/mol. The maximum atomic E-state index is 13.0. The van der Waals surface area contributed by atoms with Crippen molar-refractivity contribution in [3.63, 3.8) is 0 Å². The lowest BCUT2D eigenvalue weighted by Crippen LogP contribution is -2.53. The molecule has 1 aliphatic heterocycles. The third-order valence-electron chi connectivity index (χ3n) is 5.16. The van der Waals surface area contributed by atoms with Crippen LogP contribution in [0.4, 0.5) is 0 Å². The van der Waals surface area contributed by atoms with Gasteiger partial charge in [0.1, 0.15) is 0 Å². The van der Waals surface area contributed by atoms with Crippen molar-refractivity contribution in [1.82, 2.24) is 9.80 Å². The lowest BCUT2D eigenvalue weighted by molar-refractivity contribution is -0.138. The fourth-order valence-corrected chi connectivity index (χ4v) is 3.41. The van der Waals surface area contributed by atoms with E-state index in [1.807, 2.05) is 55.1 Å². The monoisotopic (exact) mass is 348 g/mol. The summed E-state index contributed by atoms with van der Waals surface area (Å²) < 4.78 is 0. The summed E-state index contributed by atoms with van der Waals surface area (Å²) in [5, 5.41) is 0. The summed E-state index contributed by atoms with van der Waals surface area (Å²) >= 11 is 0. The van der Waals surface area contributed by atoms with Crippen LogP contribution in [0.1, 0.15) is 25.0 Å². The van der Waals surface area contributed by atoms with Gasteiger partial charge in [-0.2, -0.15) is 0 Å². The maximum Gasteiger partial charge on any atom is 0.232 e. The van der Waals surface area contributed by atoms with E-state index in [1.165, 1.54) is 5.56 Å². The summed E-state index contributed by atoms with van der Waals surface area (Å²) in [6.07, 6.45) is 4.37. The number of rotatable bonds is 5. The number of hydrogen-bond acceptors (Lipinski definition) is 2. The van der Waals surface area contributed by atoms with Crippen LogP contribution in [-0.2, 0) is 10.2 Å². The molecule has 1 saturated heterocycles. The van der Waals surface area contributed by atoms with Crippen molar-refractivity contribution in [1.29, 1.82) is 0 Å². The summed E-state index contributed by atoms with van der Waals surface area (Å²) in [6.45, 7) is 8.44. The number of piperazine rings is 1. The Hall–Kier alpha value is -2.39. The normalized spacial score (nSPS) is 16.2. The van der Waals surface area contributed by atoms with Crippen LogP contribution in [-0.4, -0.2) is 48.4 Å². The molecule has 0 aromatic heterocycles. The quantitative estimate of drug-likeness (QED) is 0.820. The van der Waals surface area contributed by atoms with Crippen LogP contribution >= 0.6 is 0 Å². The van der Waals surface area contributed by atoms with Gasteiger partial charge in [-0.25, -0.2) is 0 Å². The molecule has 136 valence electrons. The molecule has 0 atom stereocenters. The molecule has 3 nitrogen and oxygen atoms in total. The van der Waals surface area contributed by atoms with Crippen molar-refractivity contribution in [2.45, 2.75) is 19.3 Å². The van der Waals surface area contributed by atoms with Crippen LogP contribution in [0.5, 0.6) is 0 Å². The molecule has 0 radical (unpaired) electrons. The zero-order valence-electron chi connectivity index (χ0n) is 15.8. The third-order valence-corrected chi connectivity index (χ3v) is 5.16. The van der Waals surface area contributed by atoms with Gasteiger partial charge in [-0.1, -0.05) is 72.8 Å². The minimum atomic E-state index is -0.476. The first kappa shape index (κ1) is 18.4. The smallest absolute Gasteiger partial charge is 0.232 e. The lowest BCUT2D eigenvalue weighted by atomic mass is 9.83. The Morgan fingerprint density at radius 3 is 2.12 bits per heavy atom. The minimum absolute atomic E-state index is 0.225. The Bertz CT molecular complexity index is 729. The van der Waals surface area contributed by atoms with Crippen molar-refractivity contribution in [3.05, 3.63) is 77.9 Å². The number of carbonyl (C=O) groups excluding carboxylic acids is 1. The van der Waals surface area contributed by atoms with E-state index in [0.717, 1.165) is 38.3 Å².